The first kappa shape index (κ1) is 33.1. The Bertz CT molecular complexity index is 2540. The average molecular weight is 699 g/mol. The fraction of sp³-hybridized carbons (Fsp3) is 0. The first-order valence-electron chi connectivity index (χ1n) is 16.7. The Kier molecular flexibility index (Phi) is 8.74. The number of nitrogens with zero attached hydrogens (tertiary/aromatic N) is 8. The molecule has 0 aliphatic heterocycles. The molecule has 2 heterocycles. The summed E-state index contributed by atoms with van der Waals surface area (Å²) in [7, 11) is 0. The van der Waals surface area contributed by atoms with Crippen LogP contribution in [0.1, 0.15) is 5.56 Å². The molecule has 0 amide bonds. The molecule has 0 atom stereocenters. The Morgan fingerprint density at radius 3 is 1.07 bits per heavy atom. The van der Waals surface area contributed by atoms with Crippen molar-refractivity contribution in [2.45, 2.75) is 0 Å². The molecule has 0 aliphatic carbocycles. The molecule has 10 heteroatoms. The summed E-state index contributed by atoms with van der Waals surface area (Å²) in [5.41, 5.74) is 6.84. The molecule has 8 rings (SSSR count). The lowest BCUT2D eigenvalue weighted by molar-refractivity contribution is 0.476. The summed E-state index contributed by atoms with van der Waals surface area (Å²) in [4.78, 5) is 31.8. The third-order valence-electron chi connectivity index (χ3n) is 8.71. The average Bonchev–Trinajstić information content (AvgIpc) is 3.24. The van der Waals surface area contributed by atoms with Crippen LogP contribution < -0.4 is 0 Å². The van der Waals surface area contributed by atoms with Crippen LogP contribution in [0.15, 0.2) is 146 Å². The summed E-state index contributed by atoms with van der Waals surface area (Å²) in [6.45, 7) is 7.29. The van der Waals surface area contributed by atoms with Gasteiger partial charge >= 0.3 is 0 Å². The largest absolute Gasteiger partial charge is 0.507 e. The number of aromatic nitrogens is 6. The van der Waals surface area contributed by atoms with E-state index in [-0.39, 0.29) is 11.5 Å². The topological polar surface area (TPSA) is 146 Å². The van der Waals surface area contributed by atoms with Gasteiger partial charge in [0.25, 0.3) is 0 Å². The fourth-order valence-electron chi connectivity index (χ4n) is 5.84. The maximum Gasteiger partial charge on any atom is 0.187 e. The Balaban J connectivity index is 1.12. The van der Waals surface area contributed by atoms with Crippen molar-refractivity contribution in [1.29, 1.82) is 5.26 Å². The van der Waals surface area contributed by atoms with Crippen molar-refractivity contribution in [2.24, 2.45) is 0 Å². The zero-order valence-electron chi connectivity index (χ0n) is 28.3. The molecule has 0 bridgehead atoms. The summed E-state index contributed by atoms with van der Waals surface area (Å²) in [6.07, 6.45) is 0. The highest BCUT2D eigenvalue weighted by Crippen LogP contribution is 2.33. The minimum atomic E-state index is 0.0531. The summed E-state index contributed by atoms with van der Waals surface area (Å²) in [5.74, 6) is 2.45. The van der Waals surface area contributed by atoms with Gasteiger partial charge in [0.2, 0.25) is 0 Å². The number of aromatic hydroxyl groups is 2. The highest BCUT2D eigenvalue weighted by molar-refractivity contribution is 5.75. The number of hydrogen-bond donors (Lipinski definition) is 2. The summed E-state index contributed by atoms with van der Waals surface area (Å²) in [5, 5.41) is 30.5. The first-order chi connectivity index (χ1) is 26.4. The second-order valence-electron chi connectivity index (χ2n) is 12.1. The van der Waals surface area contributed by atoms with E-state index in [0.717, 1.165) is 22.3 Å². The Hall–Kier alpha value is -8.08. The molecule has 254 valence electrons. The van der Waals surface area contributed by atoms with Crippen LogP contribution in [0, 0.1) is 17.9 Å². The van der Waals surface area contributed by atoms with E-state index >= 15 is 0 Å². The number of nitriles is 1. The molecule has 2 N–H and O–H groups in total. The normalized spacial score (nSPS) is 10.7. The molecule has 0 saturated carbocycles. The standard InChI is InChI=1S/C44H26N8O2/c1-46-34-24-22-33(23-25-34)42-48-41(51-44(52-42)36-7-3-5-9-38(36)54)32-20-16-29(17-21-32)28-14-18-31(19-15-28)40-47-39(30-12-10-27(26-45)11-13-30)49-43(50-40)35-6-2-4-8-37(35)53/h2-25,53-54H. The summed E-state index contributed by atoms with van der Waals surface area (Å²) >= 11 is 0. The number of benzene rings is 6. The van der Waals surface area contributed by atoms with Gasteiger partial charge in [-0.2, -0.15) is 5.26 Å². The van der Waals surface area contributed by atoms with Crippen LogP contribution >= 0.6 is 0 Å². The Morgan fingerprint density at radius 2 is 0.722 bits per heavy atom. The molecule has 54 heavy (non-hydrogen) atoms. The number of para-hydroxylation sites is 2. The zero-order valence-corrected chi connectivity index (χ0v) is 28.3. The van der Waals surface area contributed by atoms with Gasteiger partial charge in [0.15, 0.2) is 40.6 Å². The lowest BCUT2D eigenvalue weighted by atomic mass is 10.0. The summed E-state index contributed by atoms with van der Waals surface area (Å²) in [6, 6.07) is 45.6. The lowest BCUT2D eigenvalue weighted by Gasteiger charge is -2.11. The quantitative estimate of drug-likeness (QED) is 0.155. The van der Waals surface area contributed by atoms with E-state index in [1.165, 1.54) is 0 Å². The molecule has 0 radical (unpaired) electrons. The smallest absolute Gasteiger partial charge is 0.187 e. The first-order valence-corrected chi connectivity index (χ1v) is 16.7. The summed E-state index contributed by atoms with van der Waals surface area (Å²) < 4.78 is 0. The highest BCUT2D eigenvalue weighted by Gasteiger charge is 2.17. The van der Waals surface area contributed by atoms with Gasteiger partial charge in [-0.05, 0) is 59.7 Å². The van der Waals surface area contributed by atoms with E-state index in [1.807, 2.05) is 60.7 Å². The van der Waals surface area contributed by atoms with Crippen LogP contribution in [-0.4, -0.2) is 40.1 Å². The minimum absolute atomic E-state index is 0.0531. The highest BCUT2D eigenvalue weighted by atomic mass is 16.3. The van der Waals surface area contributed by atoms with Crippen molar-refractivity contribution < 1.29 is 10.2 Å². The van der Waals surface area contributed by atoms with Crippen molar-refractivity contribution >= 4 is 5.69 Å². The van der Waals surface area contributed by atoms with Crippen LogP contribution in [0.25, 0.3) is 84.3 Å². The predicted molar refractivity (Wildman–Crippen MR) is 206 cm³/mol. The van der Waals surface area contributed by atoms with Crippen molar-refractivity contribution in [3.63, 3.8) is 0 Å². The molecule has 10 nitrogen and oxygen atoms in total. The van der Waals surface area contributed by atoms with E-state index in [1.54, 1.807) is 84.9 Å². The van der Waals surface area contributed by atoms with Crippen molar-refractivity contribution in [3.8, 4) is 97.0 Å². The molecular weight excluding hydrogens is 673 g/mol. The molecule has 0 spiro atoms. The van der Waals surface area contributed by atoms with E-state index in [4.69, 9.17) is 26.5 Å². The fourth-order valence-corrected chi connectivity index (χ4v) is 5.84. The number of phenolic OH excluding ortho intramolecular Hbond substituents is 2. The van der Waals surface area contributed by atoms with Gasteiger partial charge in [0.1, 0.15) is 11.5 Å². The molecule has 2 aromatic heterocycles. The van der Waals surface area contributed by atoms with Crippen LogP contribution in [-0.2, 0) is 0 Å². The van der Waals surface area contributed by atoms with Gasteiger partial charge < -0.3 is 10.2 Å². The maximum atomic E-state index is 10.6. The van der Waals surface area contributed by atoms with Crippen molar-refractivity contribution in [1.82, 2.24) is 29.9 Å². The SMILES string of the molecule is [C-]#[N+]c1ccc(-c2nc(-c3ccc(-c4ccc(-c5nc(-c6ccc(C#N)cc6)nc(-c6ccccc6O)n5)cc4)cc3)nc(-c3ccccc3O)n2)cc1. The van der Waals surface area contributed by atoms with Gasteiger partial charge in [-0.15, -0.1) is 0 Å². The van der Waals surface area contributed by atoms with Gasteiger partial charge in [-0.3, -0.25) is 0 Å². The third-order valence-corrected chi connectivity index (χ3v) is 8.71. The number of phenols is 2. The van der Waals surface area contributed by atoms with Crippen LogP contribution in [0.2, 0.25) is 0 Å². The maximum absolute atomic E-state index is 10.6. The number of hydrogen-bond acceptors (Lipinski definition) is 9. The molecule has 8 aromatic rings. The van der Waals surface area contributed by atoms with Crippen LogP contribution in [0.5, 0.6) is 11.5 Å². The van der Waals surface area contributed by atoms with Crippen LogP contribution in [0.4, 0.5) is 5.69 Å². The Morgan fingerprint density at radius 1 is 0.407 bits per heavy atom. The molecular formula is C44H26N8O2. The second kappa shape index (κ2) is 14.3. The molecule has 6 aromatic carbocycles. The third kappa shape index (κ3) is 6.70. The molecule has 0 fully saturated rings. The second-order valence-corrected chi connectivity index (χ2v) is 12.1. The van der Waals surface area contributed by atoms with E-state index in [0.29, 0.717) is 68.5 Å². The molecule has 0 saturated heterocycles. The van der Waals surface area contributed by atoms with Gasteiger partial charge in [0.05, 0.1) is 29.3 Å². The van der Waals surface area contributed by atoms with Gasteiger partial charge in [-0.1, -0.05) is 97.1 Å². The minimum Gasteiger partial charge on any atom is -0.507 e. The lowest BCUT2D eigenvalue weighted by Crippen LogP contribution is -2.00. The molecule has 0 unspecified atom stereocenters. The van der Waals surface area contributed by atoms with Gasteiger partial charge in [-0.25, -0.2) is 34.7 Å². The number of rotatable bonds is 7. The van der Waals surface area contributed by atoms with E-state index in [2.05, 4.69) is 20.9 Å². The zero-order chi connectivity index (χ0) is 37.0. The van der Waals surface area contributed by atoms with Crippen molar-refractivity contribution in [2.75, 3.05) is 0 Å². The van der Waals surface area contributed by atoms with Crippen LogP contribution in [0.3, 0.4) is 0 Å². The van der Waals surface area contributed by atoms with E-state index < -0.39 is 0 Å². The predicted octanol–water partition coefficient (Wildman–Crippen LogP) is 9.56. The monoisotopic (exact) mass is 698 g/mol. The van der Waals surface area contributed by atoms with E-state index in [9.17, 15) is 15.5 Å². The molecule has 0 aliphatic rings. The van der Waals surface area contributed by atoms with Gasteiger partial charge in [0, 0.05) is 22.3 Å². The van der Waals surface area contributed by atoms with Crippen molar-refractivity contribution in [3.05, 3.63) is 163 Å². The Labute approximate surface area is 309 Å².